The van der Waals surface area contributed by atoms with Crippen LogP contribution in [0.4, 0.5) is 10.1 Å². The number of aromatic nitrogens is 1. The molecule has 2 aromatic rings. The van der Waals surface area contributed by atoms with Crippen molar-refractivity contribution in [3.8, 4) is 11.5 Å². The molecule has 1 aliphatic rings. The summed E-state index contributed by atoms with van der Waals surface area (Å²) in [7, 11) is 0. The highest BCUT2D eigenvalue weighted by molar-refractivity contribution is 6.34. The van der Waals surface area contributed by atoms with Crippen LogP contribution in [0.1, 0.15) is 10.4 Å². The van der Waals surface area contributed by atoms with E-state index in [1.807, 2.05) is 0 Å². The first kappa shape index (κ1) is 12.7. The highest BCUT2D eigenvalue weighted by atomic mass is 35.5. The maximum atomic E-state index is 13.0. The van der Waals surface area contributed by atoms with E-state index >= 15 is 0 Å². The van der Waals surface area contributed by atoms with E-state index in [2.05, 4.69) is 10.3 Å². The Morgan fingerprint density at radius 3 is 2.80 bits per heavy atom. The van der Waals surface area contributed by atoms with Gasteiger partial charge in [0.25, 0.3) is 5.91 Å². The molecule has 7 heteroatoms. The van der Waals surface area contributed by atoms with E-state index in [1.54, 1.807) is 12.1 Å². The molecule has 0 fully saturated rings. The topological polar surface area (TPSA) is 60.5 Å². The van der Waals surface area contributed by atoms with Gasteiger partial charge < -0.3 is 14.8 Å². The van der Waals surface area contributed by atoms with E-state index in [0.717, 1.165) is 6.07 Å². The van der Waals surface area contributed by atoms with Gasteiger partial charge in [-0.25, -0.2) is 4.98 Å². The fourth-order valence-corrected chi connectivity index (χ4v) is 1.95. The Hall–Kier alpha value is -2.34. The van der Waals surface area contributed by atoms with Crippen LogP contribution in [0.2, 0.25) is 5.02 Å². The molecule has 1 N–H and O–H groups in total. The van der Waals surface area contributed by atoms with Crippen molar-refractivity contribution in [1.82, 2.24) is 4.98 Å². The number of ether oxygens (including phenoxy) is 2. The number of fused-ring (bicyclic) bond motifs is 1. The fourth-order valence-electron chi connectivity index (χ4n) is 1.75. The molecule has 0 spiro atoms. The van der Waals surface area contributed by atoms with Crippen molar-refractivity contribution in [2.75, 3.05) is 12.1 Å². The van der Waals surface area contributed by atoms with Crippen LogP contribution in [0.25, 0.3) is 0 Å². The van der Waals surface area contributed by atoms with Crippen LogP contribution >= 0.6 is 11.6 Å². The Bertz CT molecular complexity index is 693. The van der Waals surface area contributed by atoms with E-state index < -0.39 is 11.9 Å². The maximum Gasteiger partial charge on any atom is 0.255 e. The predicted octanol–water partition coefficient (Wildman–Crippen LogP) is 2.86. The molecule has 5 nitrogen and oxygen atoms in total. The zero-order valence-corrected chi connectivity index (χ0v) is 10.8. The van der Waals surface area contributed by atoms with Gasteiger partial charge in [-0.2, -0.15) is 4.39 Å². The second-order valence-corrected chi connectivity index (χ2v) is 4.41. The molecule has 2 heterocycles. The van der Waals surface area contributed by atoms with Crippen molar-refractivity contribution in [3.63, 3.8) is 0 Å². The van der Waals surface area contributed by atoms with Crippen molar-refractivity contribution in [2.24, 2.45) is 0 Å². The standard InChI is InChI=1S/C13H8ClFN2O3/c14-8-4-10-11(20-6-19-10)5-9(8)17-13(18)7-1-2-16-12(15)3-7/h1-5H,6H2,(H,17,18). The largest absolute Gasteiger partial charge is 0.454 e. The number of nitrogens with one attached hydrogen (secondary N) is 1. The number of benzene rings is 1. The monoisotopic (exact) mass is 294 g/mol. The minimum Gasteiger partial charge on any atom is -0.454 e. The normalized spacial score (nSPS) is 12.3. The zero-order valence-electron chi connectivity index (χ0n) is 10.0. The Kier molecular flexibility index (Phi) is 3.15. The van der Waals surface area contributed by atoms with Gasteiger partial charge in [-0.3, -0.25) is 4.79 Å². The molecule has 1 amide bonds. The van der Waals surface area contributed by atoms with Crippen LogP contribution in [0.5, 0.6) is 11.5 Å². The molecule has 3 rings (SSSR count). The number of hydrogen-bond acceptors (Lipinski definition) is 4. The fraction of sp³-hybridized carbons (Fsp3) is 0.0769. The van der Waals surface area contributed by atoms with Crippen molar-refractivity contribution < 1.29 is 18.7 Å². The Morgan fingerprint density at radius 1 is 1.30 bits per heavy atom. The molecule has 0 saturated heterocycles. The molecule has 1 aliphatic heterocycles. The summed E-state index contributed by atoms with van der Waals surface area (Å²) in [6, 6.07) is 5.54. The lowest BCUT2D eigenvalue weighted by Gasteiger charge is -2.08. The number of hydrogen-bond donors (Lipinski definition) is 1. The van der Waals surface area contributed by atoms with Gasteiger partial charge in [0, 0.05) is 30.0 Å². The number of nitrogens with zero attached hydrogens (tertiary/aromatic N) is 1. The summed E-state index contributed by atoms with van der Waals surface area (Å²) in [5.41, 5.74) is 0.504. The van der Waals surface area contributed by atoms with Crippen molar-refractivity contribution in [1.29, 1.82) is 0 Å². The number of carbonyl (C=O) groups excluding carboxylic acids is 1. The molecule has 0 unspecified atom stereocenters. The first-order valence-corrected chi connectivity index (χ1v) is 6.03. The Labute approximate surface area is 118 Å². The van der Waals surface area contributed by atoms with Crippen LogP contribution in [0.15, 0.2) is 30.5 Å². The van der Waals surface area contributed by atoms with Crippen LogP contribution in [-0.2, 0) is 0 Å². The second kappa shape index (κ2) is 4.97. The number of rotatable bonds is 2. The molecule has 1 aromatic heterocycles. The summed E-state index contributed by atoms with van der Waals surface area (Å²) >= 11 is 6.03. The molecule has 0 atom stereocenters. The average Bonchev–Trinajstić information content (AvgIpc) is 2.86. The van der Waals surface area contributed by atoms with Gasteiger partial charge in [0.15, 0.2) is 11.5 Å². The van der Waals surface area contributed by atoms with E-state index in [9.17, 15) is 9.18 Å². The highest BCUT2D eigenvalue weighted by Crippen LogP contribution is 2.39. The third-order valence-electron chi connectivity index (χ3n) is 2.70. The summed E-state index contributed by atoms with van der Waals surface area (Å²) in [4.78, 5) is 15.4. The first-order valence-electron chi connectivity index (χ1n) is 5.65. The summed E-state index contributed by atoms with van der Waals surface area (Å²) in [5, 5.41) is 2.89. The van der Waals surface area contributed by atoms with Crippen LogP contribution < -0.4 is 14.8 Å². The number of carbonyl (C=O) groups is 1. The van der Waals surface area contributed by atoms with Crippen LogP contribution in [0, 0.1) is 5.95 Å². The molecule has 0 bridgehead atoms. The molecular weight excluding hydrogens is 287 g/mol. The zero-order chi connectivity index (χ0) is 14.1. The first-order chi connectivity index (χ1) is 9.63. The molecular formula is C13H8ClFN2O3. The molecule has 0 saturated carbocycles. The maximum absolute atomic E-state index is 13.0. The Morgan fingerprint density at radius 2 is 2.05 bits per heavy atom. The Balaban J connectivity index is 1.86. The van der Waals surface area contributed by atoms with Gasteiger partial charge in [0.05, 0.1) is 10.7 Å². The van der Waals surface area contributed by atoms with Crippen molar-refractivity contribution in [3.05, 3.63) is 47.0 Å². The summed E-state index contributed by atoms with van der Waals surface area (Å²) < 4.78 is 23.3. The predicted molar refractivity (Wildman–Crippen MR) is 69.7 cm³/mol. The molecule has 0 radical (unpaired) electrons. The van der Waals surface area contributed by atoms with Gasteiger partial charge in [-0.05, 0) is 6.07 Å². The smallest absolute Gasteiger partial charge is 0.255 e. The number of pyridine rings is 1. The van der Waals surface area contributed by atoms with Gasteiger partial charge in [0.1, 0.15) is 0 Å². The lowest BCUT2D eigenvalue weighted by Crippen LogP contribution is -2.12. The third-order valence-corrected chi connectivity index (χ3v) is 3.01. The van der Waals surface area contributed by atoms with E-state index in [0.29, 0.717) is 22.2 Å². The van der Waals surface area contributed by atoms with E-state index in [-0.39, 0.29) is 12.4 Å². The number of amides is 1. The molecule has 20 heavy (non-hydrogen) atoms. The summed E-state index contributed by atoms with van der Waals surface area (Å²) in [5.74, 6) is -0.213. The molecule has 102 valence electrons. The average molecular weight is 295 g/mol. The summed E-state index contributed by atoms with van der Waals surface area (Å²) in [6.07, 6.45) is 1.21. The van der Waals surface area contributed by atoms with Gasteiger partial charge in [-0.1, -0.05) is 11.6 Å². The highest BCUT2D eigenvalue weighted by Gasteiger charge is 2.18. The second-order valence-electron chi connectivity index (χ2n) is 4.01. The minimum atomic E-state index is -0.727. The van der Waals surface area contributed by atoms with Crippen molar-refractivity contribution in [2.45, 2.75) is 0 Å². The number of anilines is 1. The van der Waals surface area contributed by atoms with E-state index in [4.69, 9.17) is 21.1 Å². The summed E-state index contributed by atoms with van der Waals surface area (Å²) in [6.45, 7) is 0.110. The molecule has 0 aliphatic carbocycles. The lowest BCUT2D eigenvalue weighted by molar-refractivity contribution is 0.102. The van der Waals surface area contributed by atoms with Gasteiger partial charge in [-0.15, -0.1) is 0 Å². The van der Waals surface area contributed by atoms with Gasteiger partial charge in [0.2, 0.25) is 12.7 Å². The van der Waals surface area contributed by atoms with E-state index in [1.165, 1.54) is 12.3 Å². The lowest BCUT2D eigenvalue weighted by atomic mass is 10.2. The quantitative estimate of drug-likeness (QED) is 0.865. The minimum absolute atomic E-state index is 0.110. The SMILES string of the molecule is O=C(Nc1cc2c(cc1Cl)OCO2)c1ccnc(F)c1. The third kappa shape index (κ3) is 2.37. The van der Waals surface area contributed by atoms with Crippen LogP contribution in [0.3, 0.4) is 0 Å². The van der Waals surface area contributed by atoms with Crippen molar-refractivity contribution >= 4 is 23.2 Å². The number of halogens is 2. The van der Waals surface area contributed by atoms with Crippen LogP contribution in [-0.4, -0.2) is 17.7 Å². The molecule has 1 aromatic carbocycles. The van der Waals surface area contributed by atoms with Gasteiger partial charge >= 0.3 is 0 Å².